The van der Waals surface area contributed by atoms with Gasteiger partial charge in [0.25, 0.3) is 0 Å². The minimum absolute atomic E-state index is 0.725. The van der Waals surface area contributed by atoms with E-state index in [9.17, 15) is 0 Å². The third-order valence-corrected chi connectivity index (χ3v) is 6.82. The average Bonchev–Trinajstić information content (AvgIpc) is 3.37. The van der Waals surface area contributed by atoms with Gasteiger partial charge < -0.3 is 9.64 Å². The number of aromatic nitrogens is 3. The normalized spacial score (nSPS) is 11.3. The van der Waals surface area contributed by atoms with Crippen molar-refractivity contribution < 1.29 is 4.74 Å². The molecule has 0 radical (unpaired) electrons. The second-order valence-corrected chi connectivity index (χ2v) is 9.53. The first-order chi connectivity index (χ1) is 18.1. The third kappa shape index (κ3) is 7.07. The number of benzene rings is 3. The Morgan fingerprint density at radius 2 is 1.38 bits per heavy atom. The lowest BCUT2D eigenvalue weighted by atomic mass is 10.0. The van der Waals surface area contributed by atoms with E-state index in [1.807, 2.05) is 16.8 Å². The van der Waals surface area contributed by atoms with Crippen molar-refractivity contribution in [2.75, 3.05) is 26.2 Å². The van der Waals surface area contributed by atoms with Gasteiger partial charge in [0, 0.05) is 18.5 Å². The van der Waals surface area contributed by atoms with E-state index in [1.165, 1.54) is 16.7 Å². The number of hydrogen-bond donors (Lipinski definition) is 0. The minimum Gasteiger partial charge on any atom is -0.494 e. The quantitative estimate of drug-likeness (QED) is 0.181. The van der Waals surface area contributed by atoms with Gasteiger partial charge in [-0.3, -0.25) is 0 Å². The maximum atomic E-state index is 5.97. The average molecular weight is 497 g/mol. The Balaban J connectivity index is 1.48. The molecule has 0 saturated carbocycles. The van der Waals surface area contributed by atoms with Crippen molar-refractivity contribution in [3.8, 4) is 34.0 Å². The number of ether oxygens (including phenoxy) is 1. The molecule has 0 spiro atoms. The van der Waals surface area contributed by atoms with Crippen LogP contribution in [0.2, 0.25) is 0 Å². The zero-order valence-corrected chi connectivity index (χ0v) is 22.8. The Morgan fingerprint density at radius 1 is 0.757 bits per heavy atom. The zero-order chi connectivity index (χ0) is 26.0. The van der Waals surface area contributed by atoms with Crippen molar-refractivity contribution in [3.05, 3.63) is 84.2 Å². The van der Waals surface area contributed by atoms with Crippen LogP contribution in [0.1, 0.15) is 51.4 Å². The fourth-order valence-corrected chi connectivity index (χ4v) is 4.43. The predicted octanol–water partition coefficient (Wildman–Crippen LogP) is 7.36. The Bertz CT molecular complexity index is 1220. The van der Waals surface area contributed by atoms with Gasteiger partial charge in [-0.1, -0.05) is 69.2 Å². The number of nitrogens with zero attached hydrogens (tertiary/aromatic N) is 4. The number of unbranched alkanes of at least 4 members (excludes halogenated alkanes) is 1. The van der Waals surface area contributed by atoms with Crippen molar-refractivity contribution >= 4 is 0 Å². The van der Waals surface area contributed by atoms with Gasteiger partial charge in [-0.25, -0.2) is 9.67 Å². The Hall–Kier alpha value is -3.44. The summed E-state index contributed by atoms with van der Waals surface area (Å²) in [5, 5.41) is 4.92. The van der Waals surface area contributed by atoms with Crippen molar-refractivity contribution in [3.63, 3.8) is 0 Å². The number of hydrogen-bond acceptors (Lipinski definition) is 4. The van der Waals surface area contributed by atoms with E-state index in [0.717, 1.165) is 80.6 Å². The predicted molar refractivity (Wildman–Crippen MR) is 153 cm³/mol. The molecule has 5 heteroatoms. The molecule has 0 aliphatic rings. The van der Waals surface area contributed by atoms with Crippen LogP contribution in [0.25, 0.3) is 28.2 Å². The van der Waals surface area contributed by atoms with Crippen LogP contribution in [0, 0.1) is 6.92 Å². The molecule has 0 atom stereocenters. The minimum atomic E-state index is 0.725. The molecule has 0 N–H and O–H groups in total. The lowest BCUT2D eigenvalue weighted by Crippen LogP contribution is -2.25. The van der Waals surface area contributed by atoms with Gasteiger partial charge in [0.2, 0.25) is 0 Å². The number of aryl methyl sites for hydroxylation is 2. The molecule has 0 aliphatic heterocycles. The smallest absolute Gasteiger partial charge is 0.181 e. The van der Waals surface area contributed by atoms with Crippen molar-refractivity contribution in [2.45, 2.75) is 53.4 Å². The summed E-state index contributed by atoms with van der Waals surface area (Å²) in [4.78, 5) is 7.35. The van der Waals surface area contributed by atoms with E-state index in [-0.39, 0.29) is 0 Å². The van der Waals surface area contributed by atoms with Gasteiger partial charge in [0.1, 0.15) is 11.6 Å². The molecule has 0 unspecified atom stereocenters. The van der Waals surface area contributed by atoms with Gasteiger partial charge >= 0.3 is 0 Å². The maximum absolute atomic E-state index is 5.97. The largest absolute Gasteiger partial charge is 0.494 e. The van der Waals surface area contributed by atoms with Crippen LogP contribution in [-0.2, 0) is 6.42 Å². The number of rotatable bonds is 13. The SMILES string of the molecule is CCCCc1nc(-c2ccc(OCCCN(CC)CC)cc2)nn1-c1ccc(-c2ccc(C)cc2)cc1. The fraction of sp³-hybridized carbons (Fsp3) is 0.375. The van der Waals surface area contributed by atoms with E-state index in [4.69, 9.17) is 14.8 Å². The summed E-state index contributed by atoms with van der Waals surface area (Å²) in [6, 6.07) is 25.4. The van der Waals surface area contributed by atoms with Crippen LogP contribution in [-0.4, -0.2) is 45.9 Å². The first-order valence-corrected chi connectivity index (χ1v) is 13.7. The van der Waals surface area contributed by atoms with Crippen LogP contribution in [0.4, 0.5) is 0 Å². The summed E-state index contributed by atoms with van der Waals surface area (Å²) < 4.78 is 7.97. The maximum Gasteiger partial charge on any atom is 0.181 e. The molecule has 0 fully saturated rings. The summed E-state index contributed by atoms with van der Waals surface area (Å²) in [6.45, 7) is 12.7. The molecule has 0 saturated heterocycles. The van der Waals surface area contributed by atoms with Gasteiger partial charge in [0.05, 0.1) is 12.3 Å². The molecule has 0 amide bonds. The Morgan fingerprint density at radius 3 is 2.00 bits per heavy atom. The monoisotopic (exact) mass is 496 g/mol. The molecule has 1 aromatic heterocycles. The van der Waals surface area contributed by atoms with Crippen molar-refractivity contribution in [1.29, 1.82) is 0 Å². The highest BCUT2D eigenvalue weighted by Gasteiger charge is 2.13. The van der Waals surface area contributed by atoms with E-state index in [0.29, 0.717) is 0 Å². The second kappa shape index (κ2) is 13.2. The molecule has 1 heterocycles. The highest BCUT2D eigenvalue weighted by Crippen LogP contribution is 2.25. The fourth-order valence-electron chi connectivity index (χ4n) is 4.43. The van der Waals surface area contributed by atoms with Crippen LogP contribution < -0.4 is 4.74 Å². The van der Waals surface area contributed by atoms with Gasteiger partial charge in [0.15, 0.2) is 5.82 Å². The van der Waals surface area contributed by atoms with E-state index >= 15 is 0 Å². The lowest BCUT2D eigenvalue weighted by molar-refractivity contribution is 0.249. The molecule has 0 aliphatic carbocycles. The van der Waals surface area contributed by atoms with Gasteiger partial charge in [-0.05, 0) is 80.4 Å². The van der Waals surface area contributed by atoms with E-state index in [2.05, 4.69) is 93.3 Å². The van der Waals surface area contributed by atoms with Crippen LogP contribution in [0.3, 0.4) is 0 Å². The van der Waals surface area contributed by atoms with E-state index in [1.54, 1.807) is 0 Å². The summed E-state index contributed by atoms with van der Waals surface area (Å²) in [6.07, 6.45) is 4.13. The molecule has 37 heavy (non-hydrogen) atoms. The first-order valence-electron chi connectivity index (χ1n) is 13.7. The highest BCUT2D eigenvalue weighted by atomic mass is 16.5. The highest BCUT2D eigenvalue weighted by molar-refractivity contribution is 5.65. The summed E-state index contributed by atoms with van der Waals surface area (Å²) in [5.41, 5.74) is 5.73. The van der Waals surface area contributed by atoms with Crippen LogP contribution >= 0.6 is 0 Å². The van der Waals surface area contributed by atoms with Gasteiger partial charge in [-0.15, -0.1) is 5.10 Å². The summed E-state index contributed by atoms with van der Waals surface area (Å²) in [5.74, 6) is 2.64. The topological polar surface area (TPSA) is 43.2 Å². The summed E-state index contributed by atoms with van der Waals surface area (Å²) >= 11 is 0. The Labute approximate surface area is 222 Å². The van der Waals surface area contributed by atoms with Crippen molar-refractivity contribution in [1.82, 2.24) is 19.7 Å². The zero-order valence-electron chi connectivity index (χ0n) is 22.8. The molecule has 3 aromatic carbocycles. The standard InChI is InChI=1S/C32H40N4O/c1-5-8-10-31-33-32(28-17-21-30(22-18-28)37-24-9-23-35(6-2)7-3)34-36(31)29-19-15-27(16-20-29)26-13-11-25(4)12-14-26/h11-22H,5-10,23-24H2,1-4H3. The van der Waals surface area contributed by atoms with Crippen LogP contribution in [0.15, 0.2) is 72.8 Å². The molecule has 5 nitrogen and oxygen atoms in total. The molecule has 4 rings (SSSR count). The Kier molecular flexibility index (Phi) is 9.50. The summed E-state index contributed by atoms with van der Waals surface area (Å²) in [7, 11) is 0. The van der Waals surface area contributed by atoms with Crippen LogP contribution in [0.5, 0.6) is 5.75 Å². The molecular formula is C32H40N4O. The van der Waals surface area contributed by atoms with E-state index < -0.39 is 0 Å². The van der Waals surface area contributed by atoms with Gasteiger partial charge in [-0.2, -0.15) is 0 Å². The van der Waals surface area contributed by atoms with Crippen molar-refractivity contribution in [2.24, 2.45) is 0 Å². The molecule has 0 bridgehead atoms. The lowest BCUT2D eigenvalue weighted by Gasteiger charge is -2.17. The second-order valence-electron chi connectivity index (χ2n) is 9.53. The molecular weight excluding hydrogens is 456 g/mol. The third-order valence-electron chi connectivity index (χ3n) is 6.82. The first kappa shape index (κ1) is 26.6. The molecule has 4 aromatic rings. The molecule has 194 valence electrons.